The number of hydrogen-bond donors (Lipinski definition) is 1. The zero-order valence-corrected chi connectivity index (χ0v) is 12.8. The van der Waals surface area contributed by atoms with Crippen LogP contribution in [0, 0.1) is 5.82 Å². The number of thiocarbonyl (C=S) groups is 1. The monoisotopic (exact) mass is 325 g/mol. The minimum absolute atomic E-state index is 0.00462. The number of benzene rings is 1. The molecule has 1 aromatic carbocycles. The Morgan fingerprint density at radius 3 is 2.86 bits per heavy atom. The van der Waals surface area contributed by atoms with Crippen molar-refractivity contribution in [1.29, 1.82) is 0 Å². The van der Waals surface area contributed by atoms with Gasteiger partial charge in [-0.3, -0.25) is 14.5 Å². The molecule has 1 N–H and O–H groups in total. The van der Waals surface area contributed by atoms with E-state index in [1.807, 2.05) is 0 Å². The molecule has 1 aliphatic heterocycles. The van der Waals surface area contributed by atoms with Gasteiger partial charge in [-0.15, -0.1) is 0 Å². The summed E-state index contributed by atoms with van der Waals surface area (Å²) in [7, 11) is 0. The Labute approximate surface area is 130 Å². The summed E-state index contributed by atoms with van der Waals surface area (Å²) in [6.07, 6.45) is -0.00462. The molecule has 7 heteroatoms. The molecule has 0 aromatic heterocycles. The number of rotatable bonds is 2. The van der Waals surface area contributed by atoms with Crippen LogP contribution in [0.25, 0.3) is 0 Å². The van der Waals surface area contributed by atoms with Crippen molar-refractivity contribution in [3.05, 3.63) is 35.1 Å². The van der Waals surface area contributed by atoms with Crippen LogP contribution in [-0.4, -0.2) is 37.8 Å². The number of amides is 1. The van der Waals surface area contributed by atoms with Gasteiger partial charge in [0.15, 0.2) is 11.4 Å². The number of carbonyl (C=O) groups excluding carboxylic acids is 2. The van der Waals surface area contributed by atoms with Crippen LogP contribution in [0.3, 0.4) is 0 Å². The Kier molecular flexibility index (Phi) is 3.38. The fourth-order valence-corrected chi connectivity index (χ4v) is 4.51. The second-order valence-corrected chi connectivity index (χ2v) is 6.75. The SMILES string of the molecule is CCN1C(=O)C(C2(O)C(=O)Cc3ccc(F)cc32)SC1=S. The first-order chi connectivity index (χ1) is 9.89. The topological polar surface area (TPSA) is 57.6 Å². The van der Waals surface area contributed by atoms with E-state index < -0.39 is 28.4 Å². The van der Waals surface area contributed by atoms with Crippen LogP contribution in [0.1, 0.15) is 18.1 Å². The van der Waals surface area contributed by atoms with Gasteiger partial charge in [0.05, 0.1) is 0 Å². The van der Waals surface area contributed by atoms with E-state index in [1.54, 1.807) is 6.92 Å². The number of hydrogen-bond acceptors (Lipinski definition) is 5. The van der Waals surface area contributed by atoms with Crippen molar-refractivity contribution in [1.82, 2.24) is 4.90 Å². The maximum Gasteiger partial charge on any atom is 0.245 e. The number of fused-ring (bicyclic) bond motifs is 1. The highest BCUT2D eigenvalue weighted by molar-refractivity contribution is 8.24. The highest BCUT2D eigenvalue weighted by atomic mass is 32.2. The standard InChI is InChI=1S/C14H12FNO3S2/c1-2-16-12(18)11(21-13(16)20)14(19)9-6-8(15)4-3-7(9)5-10(14)17/h3-4,6,11,19H,2,5H2,1H3. The predicted molar refractivity (Wildman–Crippen MR) is 80.4 cm³/mol. The van der Waals surface area contributed by atoms with Gasteiger partial charge >= 0.3 is 0 Å². The van der Waals surface area contributed by atoms with Crippen molar-refractivity contribution in [3.63, 3.8) is 0 Å². The molecule has 1 heterocycles. The van der Waals surface area contributed by atoms with Gasteiger partial charge in [0.25, 0.3) is 0 Å². The second-order valence-electron chi connectivity index (χ2n) is 5.01. The molecular formula is C14H12FNO3S2. The molecule has 1 aromatic rings. The molecule has 1 saturated heterocycles. The molecule has 3 rings (SSSR count). The van der Waals surface area contributed by atoms with E-state index in [2.05, 4.69) is 0 Å². The third-order valence-corrected chi connectivity index (χ3v) is 5.59. The number of ketones is 1. The van der Waals surface area contributed by atoms with Crippen LogP contribution < -0.4 is 0 Å². The van der Waals surface area contributed by atoms with Gasteiger partial charge in [-0.25, -0.2) is 4.39 Å². The Morgan fingerprint density at radius 1 is 1.52 bits per heavy atom. The lowest BCUT2D eigenvalue weighted by Crippen LogP contribution is -2.47. The number of nitrogens with zero attached hydrogens (tertiary/aromatic N) is 1. The zero-order valence-electron chi connectivity index (χ0n) is 11.1. The van der Waals surface area contributed by atoms with E-state index in [4.69, 9.17) is 12.2 Å². The van der Waals surface area contributed by atoms with Crippen LogP contribution in [0.5, 0.6) is 0 Å². The first-order valence-electron chi connectivity index (χ1n) is 6.46. The van der Waals surface area contributed by atoms with Crippen LogP contribution in [0.2, 0.25) is 0 Å². The van der Waals surface area contributed by atoms with Crippen LogP contribution in [0.4, 0.5) is 4.39 Å². The van der Waals surface area contributed by atoms with Crippen molar-refractivity contribution < 1.29 is 19.1 Å². The van der Waals surface area contributed by atoms with Crippen LogP contribution in [0.15, 0.2) is 18.2 Å². The second kappa shape index (κ2) is 4.86. The minimum Gasteiger partial charge on any atom is -0.376 e. The quantitative estimate of drug-likeness (QED) is 0.833. The molecule has 0 bridgehead atoms. The molecule has 1 amide bonds. The molecule has 1 aliphatic carbocycles. The van der Waals surface area contributed by atoms with Gasteiger partial charge in [-0.2, -0.15) is 0 Å². The fraction of sp³-hybridized carbons (Fsp3) is 0.357. The maximum absolute atomic E-state index is 13.5. The molecule has 0 saturated carbocycles. The van der Waals surface area contributed by atoms with Crippen LogP contribution >= 0.6 is 24.0 Å². The van der Waals surface area contributed by atoms with Gasteiger partial charge in [-0.1, -0.05) is 30.0 Å². The number of aliphatic hydroxyl groups is 1. The van der Waals surface area contributed by atoms with Crippen molar-refractivity contribution >= 4 is 40.0 Å². The summed E-state index contributed by atoms with van der Waals surface area (Å²) >= 11 is 6.10. The summed E-state index contributed by atoms with van der Waals surface area (Å²) in [5.41, 5.74) is -1.27. The minimum atomic E-state index is -2.01. The molecule has 4 nitrogen and oxygen atoms in total. The van der Waals surface area contributed by atoms with Gasteiger partial charge in [0, 0.05) is 13.0 Å². The van der Waals surface area contributed by atoms with Crippen molar-refractivity contribution in [2.45, 2.75) is 24.2 Å². The van der Waals surface area contributed by atoms with Gasteiger partial charge in [-0.05, 0) is 30.2 Å². The average Bonchev–Trinajstić information content (AvgIpc) is 2.87. The lowest BCUT2D eigenvalue weighted by molar-refractivity contribution is -0.143. The molecular weight excluding hydrogens is 313 g/mol. The maximum atomic E-state index is 13.5. The first kappa shape index (κ1) is 14.6. The average molecular weight is 325 g/mol. The highest BCUT2D eigenvalue weighted by Crippen LogP contribution is 2.45. The molecule has 2 aliphatic rings. The lowest BCUT2D eigenvalue weighted by atomic mass is 9.90. The molecule has 2 unspecified atom stereocenters. The van der Waals surface area contributed by atoms with Crippen molar-refractivity contribution in [2.24, 2.45) is 0 Å². The van der Waals surface area contributed by atoms with E-state index >= 15 is 0 Å². The smallest absolute Gasteiger partial charge is 0.245 e. The largest absolute Gasteiger partial charge is 0.376 e. The van der Waals surface area contributed by atoms with E-state index in [9.17, 15) is 19.1 Å². The van der Waals surface area contributed by atoms with Crippen LogP contribution in [-0.2, 0) is 21.6 Å². The van der Waals surface area contributed by atoms with Crippen molar-refractivity contribution in [3.8, 4) is 0 Å². The van der Waals surface area contributed by atoms with Gasteiger partial charge in [0.1, 0.15) is 15.4 Å². The van der Waals surface area contributed by atoms with Crippen molar-refractivity contribution in [2.75, 3.05) is 6.54 Å². The highest BCUT2D eigenvalue weighted by Gasteiger charge is 2.58. The third-order valence-electron chi connectivity index (χ3n) is 3.88. The molecule has 0 spiro atoms. The molecule has 21 heavy (non-hydrogen) atoms. The third kappa shape index (κ3) is 1.95. The Hall–Kier alpha value is -1.31. The van der Waals surface area contributed by atoms with E-state index in [0.717, 1.165) is 17.8 Å². The summed E-state index contributed by atoms with van der Waals surface area (Å²) in [5.74, 6) is -1.44. The predicted octanol–water partition coefficient (Wildman–Crippen LogP) is 1.39. The normalized spacial score (nSPS) is 28.4. The molecule has 1 fully saturated rings. The Morgan fingerprint density at radius 2 is 2.24 bits per heavy atom. The van der Waals surface area contributed by atoms with E-state index in [-0.39, 0.29) is 12.0 Å². The summed E-state index contributed by atoms with van der Waals surface area (Å²) in [5, 5.41) is 9.85. The van der Waals surface area contributed by atoms with E-state index in [0.29, 0.717) is 16.4 Å². The molecule has 2 atom stereocenters. The Balaban J connectivity index is 2.10. The summed E-state index contributed by atoms with van der Waals surface area (Å²) < 4.78 is 13.8. The number of thioether (sulfide) groups is 1. The molecule has 110 valence electrons. The Bertz CT molecular complexity index is 678. The van der Waals surface area contributed by atoms with E-state index in [1.165, 1.54) is 17.0 Å². The lowest BCUT2D eigenvalue weighted by Gasteiger charge is -2.27. The summed E-state index contributed by atoms with van der Waals surface area (Å²) in [6, 6.07) is 3.84. The fourth-order valence-electron chi connectivity index (χ4n) is 2.80. The first-order valence-corrected chi connectivity index (χ1v) is 7.75. The number of carbonyl (C=O) groups is 2. The molecule has 0 radical (unpaired) electrons. The van der Waals surface area contributed by atoms with Gasteiger partial charge in [0.2, 0.25) is 5.91 Å². The summed E-state index contributed by atoms with van der Waals surface area (Å²) in [4.78, 5) is 26.0. The number of Topliss-reactive ketones (excluding diaryl/α,β-unsaturated/α-hetero) is 1. The zero-order chi connectivity index (χ0) is 15.4. The van der Waals surface area contributed by atoms with Gasteiger partial charge < -0.3 is 5.11 Å². The number of halogens is 1. The summed E-state index contributed by atoms with van der Waals surface area (Å²) in [6.45, 7) is 2.14.